The molecular weight excluding hydrogens is 240 g/mol. The van der Waals surface area contributed by atoms with Gasteiger partial charge >= 0.3 is 0 Å². The summed E-state index contributed by atoms with van der Waals surface area (Å²) in [5, 5.41) is 6.13. The van der Waals surface area contributed by atoms with E-state index in [1.807, 2.05) is 6.92 Å². The van der Waals surface area contributed by atoms with Crippen molar-refractivity contribution in [2.24, 2.45) is 0 Å². The van der Waals surface area contributed by atoms with Crippen molar-refractivity contribution in [3.8, 4) is 0 Å². The predicted molar refractivity (Wildman–Crippen MR) is 65.9 cm³/mol. The molecule has 0 saturated carbocycles. The summed E-state index contributed by atoms with van der Waals surface area (Å²) in [7, 11) is 0. The zero-order valence-electron chi connectivity index (χ0n) is 9.66. The molecule has 0 bridgehead atoms. The van der Waals surface area contributed by atoms with Gasteiger partial charge in [-0.15, -0.1) is 0 Å². The van der Waals surface area contributed by atoms with Gasteiger partial charge in [0.15, 0.2) is 0 Å². The third kappa shape index (κ3) is 2.92. The number of nitrogens with zero attached hydrogens (tertiary/aromatic N) is 2. The molecule has 1 aromatic rings. The Bertz CT molecular complexity index is 418. The summed E-state index contributed by atoms with van der Waals surface area (Å²) in [4.78, 5) is 19.8. The summed E-state index contributed by atoms with van der Waals surface area (Å²) in [5.41, 5.74) is -0.518. The number of aromatic nitrogens is 2. The zero-order chi connectivity index (χ0) is 12.3. The second-order valence-corrected chi connectivity index (χ2v) is 4.72. The first-order valence-corrected chi connectivity index (χ1v) is 6.03. The van der Waals surface area contributed by atoms with E-state index in [9.17, 15) is 4.79 Å². The fourth-order valence-electron chi connectivity index (χ4n) is 1.91. The maximum absolute atomic E-state index is 12.1. The fraction of sp³-hybridized carbons (Fsp3) is 0.545. The average Bonchev–Trinajstić information content (AvgIpc) is 2.30. The molecule has 1 aliphatic rings. The van der Waals surface area contributed by atoms with E-state index in [1.165, 1.54) is 6.20 Å². The normalized spacial score (nSPS) is 24.4. The van der Waals surface area contributed by atoms with Crippen molar-refractivity contribution in [2.75, 3.05) is 11.9 Å². The lowest BCUT2D eigenvalue weighted by Crippen LogP contribution is -2.54. The highest BCUT2D eigenvalue weighted by Gasteiger charge is 2.34. The van der Waals surface area contributed by atoms with Gasteiger partial charge < -0.3 is 10.6 Å². The van der Waals surface area contributed by atoms with Crippen LogP contribution in [0.2, 0.25) is 5.28 Å². The summed E-state index contributed by atoms with van der Waals surface area (Å²) >= 11 is 5.66. The fourth-order valence-corrected chi connectivity index (χ4v) is 2.06. The number of hydrogen-bond donors (Lipinski definition) is 2. The molecule has 5 nitrogen and oxygen atoms in total. The lowest BCUT2D eigenvalue weighted by Gasteiger charge is -2.33. The maximum Gasteiger partial charge on any atom is 0.245 e. The molecule has 0 spiro atoms. The van der Waals surface area contributed by atoms with Gasteiger partial charge in [-0.1, -0.05) is 0 Å². The number of amides is 1. The number of anilines is 1. The largest absolute Gasteiger partial charge is 0.309 e. The number of halogens is 1. The number of nitrogens with one attached hydrogen (secondary N) is 2. The van der Waals surface area contributed by atoms with Gasteiger partial charge in [-0.2, -0.15) is 0 Å². The summed E-state index contributed by atoms with van der Waals surface area (Å²) in [6.45, 7) is 2.78. The number of rotatable bonds is 2. The third-order valence-corrected chi connectivity index (χ3v) is 3.17. The Hall–Kier alpha value is -1.20. The molecule has 1 saturated heterocycles. The molecule has 1 atom stereocenters. The van der Waals surface area contributed by atoms with Gasteiger partial charge in [-0.3, -0.25) is 4.79 Å². The van der Waals surface area contributed by atoms with Gasteiger partial charge in [0.2, 0.25) is 11.2 Å². The van der Waals surface area contributed by atoms with Crippen LogP contribution in [0.25, 0.3) is 0 Å². The van der Waals surface area contributed by atoms with E-state index in [4.69, 9.17) is 11.6 Å². The molecule has 1 fully saturated rings. The first-order valence-electron chi connectivity index (χ1n) is 5.65. The molecule has 0 aliphatic carbocycles. The number of piperidine rings is 1. The van der Waals surface area contributed by atoms with Crippen LogP contribution in [-0.4, -0.2) is 28.0 Å². The standard InChI is InChI=1S/C11H15ClN4O/c1-11(5-2-3-6-14-11)9(17)15-8-4-7-13-10(12)16-8/h4,7,14H,2-3,5-6H2,1H3,(H,13,15,16,17). The molecule has 2 N–H and O–H groups in total. The van der Waals surface area contributed by atoms with E-state index in [1.54, 1.807) is 6.07 Å². The number of carbonyl (C=O) groups is 1. The van der Waals surface area contributed by atoms with Gasteiger partial charge in [0, 0.05) is 6.20 Å². The molecular formula is C11H15ClN4O. The Morgan fingerprint density at radius 1 is 1.59 bits per heavy atom. The van der Waals surface area contributed by atoms with E-state index < -0.39 is 5.54 Å². The minimum Gasteiger partial charge on any atom is -0.309 e. The summed E-state index contributed by atoms with van der Waals surface area (Å²) in [6, 6.07) is 1.62. The topological polar surface area (TPSA) is 66.9 Å². The molecule has 92 valence electrons. The Morgan fingerprint density at radius 2 is 2.41 bits per heavy atom. The maximum atomic E-state index is 12.1. The third-order valence-electron chi connectivity index (χ3n) is 2.99. The lowest BCUT2D eigenvalue weighted by molar-refractivity contribution is -0.122. The van der Waals surface area contributed by atoms with Crippen LogP contribution >= 0.6 is 11.6 Å². The highest BCUT2D eigenvalue weighted by atomic mass is 35.5. The lowest BCUT2D eigenvalue weighted by atomic mass is 9.90. The summed E-state index contributed by atoms with van der Waals surface area (Å²) < 4.78 is 0. The van der Waals surface area contributed by atoms with E-state index in [2.05, 4.69) is 20.6 Å². The van der Waals surface area contributed by atoms with Crippen molar-refractivity contribution in [1.82, 2.24) is 15.3 Å². The average molecular weight is 255 g/mol. The molecule has 1 aromatic heterocycles. The zero-order valence-corrected chi connectivity index (χ0v) is 10.4. The minimum absolute atomic E-state index is 0.0769. The molecule has 1 amide bonds. The molecule has 6 heteroatoms. The van der Waals surface area contributed by atoms with Crippen molar-refractivity contribution in [3.63, 3.8) is 0 Å². The highest BCUT2D eigenvalue weighted by molar-refractivity contribution is 6.28. The molecule has 2 rings (SSSR count). The van der Waals surface area contributed by atoms with Gasteiger partial charge in [-0.05, 0) is 50.4 Å². The van der Waals surface area contributed by atoms with Crippen LogP contribution < -0.4 is 10.6 Å². The van der Waals surface area contributed by atoms with E-state index >= 15 is 0 Å². The van der Waals surface area contributed by atoms with Crippen molar-refractivity contribution in [2.45, 2.75) is 31.7 Å². The second kappa shape index (κ2) is 4.98. The molecule has 17 heavy (non-hydrogen) atoms. The van der Waals surface area contributed by atoms with Gasteiger partial charge in [0.1, 0.15) is 5.82 Å². The summed E-state index contributed by atoms with van der Waals surface area (Å²) in [6.07, 6.45) is 4.52. The monoisotopic (exact) mass is 254 g/mol. The van der Waals surface area contributed by atoms with E-state index in [0.717, 1.165) is 25.8 Å². The van der Waals surface area contributed by atoms with Crippen molar-refractivity contribution in [3.05, 3.63) is 17.5 Å². The second-order valence-electron chi connectivity index (χ2n) is 4.38. The molecule has 1 aliphatic heterocycles. The predicted octanol–water partition coefficient (Wildman–Crippen LogP) is 1.60. The molecule has 1 unspecified atom stereocenters. The van der Waals surface area contributed by atoms with Gasteiger partial charge in [0.25, 0.3) is 0 Å². The van der Waals surface area contributed by atoms with Crippen LogP contribution in [0.15, 0.2) is 12.3 Å². The Balaban J connectivity index is 2.05. The molecule has 2 heterocycles. The van der Waals surface area contributed by atoms with Crippen LogP contribution in [0, 0.1) is 0 Å². The van der Waals surface area contributed by atoms with Crippen molar-refractivity contribution < 1.29 is 4.79 Å². The van der Waals surface area contributed by atoms with Crippen LogP contribution in [0.4, 0.5) is 5.82 Å². The van der Waals surface area contributed by atoms with Crippen LogP contribution in [-0.2, 0) is 4.79 Å². The van der Waals surface area contributed by atoms with Crippen molar-refractivity contribution >= 4 is 23.3 Å². The van der Waals surface area contributed by atoms with E-state index in [-0.39, 0.29) is 11.2 Å². The highest BCUT2D eigenvalue weighted by Crippen LogP contribution is 2.20. The first-order chi connectivity index (χ1) is 8.10. The van der Waals surface area contributed by atoms with E-state index in [0.29, 0.717) is 5.82 Å². The number of carbonyl (C=O) groups excluding carboxylic acids is 1. The SMILES string of the molecule is CC1(C(=O)Nc2ccnc(Cl)n2)CCCCN1. The van der Waals surface area contributed by atoms with Gasteiger partial charge in [0.05, 0.1) is 5.54 Å². The minimum atomic E-state index is -0.518. The Kier molecular flexibility index (Phi) is 3.59. The Morgan fingerprint density at radius 3 is 3.06 bits per heavy atom. The van der Waals surface area contributed by atoms with Crippen LogP contribution in [0.5, 0.6) is 0 Å². The van der Waals surface area contributed by atoms with Crippen LogP contribution in [0.3, 0.4) is 0 Å². The smallest absolute Gasteiger partial charge is 0.245 e. The molecule has 0 radical (unpaired) electrons. The number of hydrogen-bond acceptors (Lipinski definition) is 4. The van der Waals surface area contributed by atoms with Crippen LogP contribution in [0.1, 0.15) is 26.2 Å². The first kappa shape index (κ1) is 12.3. The quantitative estimate of drug-likeness (QED) is 0.787. The molecule has 0 aromatic carbocycles. The Labute approximate surface area is 105 Å². The van der Waals surface area contributed by atoms with Gasteiger partial charge in [-0.25, -0.2) is 9.97 Å². The summed E-state index contributed by atoms with van der Waals surface area (Å²) in [5.74, 6) is 0.357. The van der Waals surface area contributed by atoms with Crippen molar-refractivity contribution in [1.29, 1.82) is 0 Å².